The van der Waals surface area contributed by atoms with E-state index in [2.05, 4.69) is 21.0 Å². The fourth-order valence-corrected chi connectivity index (χ4v) is 3.82. The van der Waals surface area contributed by atoms with E-state index < -0.39 is 11.3 Å². The van der Waals surface area contributed by atoms with Crippen LogP contribution >= 0.6 is 0 Å². The van der Waals surface area contributed by atoms with Crippen LogP contribution in [-0.2, 0) is 0 Å². The van der Waals surface area contributed by atoms with Gasteiger partial charge in [-0.2, -0.15) is 5.10 Å². The van der Waals surface area contributed by atoms with Gasteiger partial charge < -0.3 is 4.90 Å². The number of hydrogen-bond donors (Lipinski definition) is 0. The first-order valence-corrected chi connectivity index (χ1v) is 8.05. The van der Waals surface area contributed by atoms with Gasteiger partial charge in [-0.25, -0.2) is 18.3 Å². The molecule has 6 heteroatoms. The molecule has 0 bridgehead atoms. The summed E-state index contributed by atoms with van der Waals surface area (Å²) < 4.78 is 28.9. The quantitative estimate of drug-likeness (QED) is 0.854. The maximum Gasteiger partial charge on any atom is 0.254 e. The average Bonchev–Trinajstić information content (AvgIpc) is 3.37. The minimum Gasteiger partial charge on any atom is -0.355 e. The van der Waals surface area contributed by atoms with E-state index in [9.17, 15) is 8.78 Å². The second-order valence-electron chi connectivity index (χ2n) is 7.07. The molecule has 1 spiro atoms. The van der Waals surface area contributed by atoms with E-state index in [0.717, 1.165) is 17.0 Å². The number of nitrogens with zero attached hydrogens (tertiary/aromatic N) is 4. The Kier molecular flexibility index (Phi) is 2.31. The number of piperidine rings is 1. The molecular formula is C16H18F2N4. The lowest BCUT2D eigenvalue weighted by atomic mass is 9.93. The molecule has 0 radical (unpaired) electrons. The van der Waals surface area contributed by atoms with E-state index >= 15 is 0 Å². The minimum atomic E-state index is -2.44. The van der Waals surface area contributed by atoms with Crippen LogP contribution in [0.3, 0.4) is 0 Å². The highest BCUT2D eigenvalue weighted by Gasteiger charge is 2.70. The van der Waals surface area contributed by atoms with Gasteiger partial charge in [-0.3, -0.25) is 0 Å². The van der Waals surface area contributed by atoms with E-state index in [1.54, 1.807) is 6.20 Å². The normalized spacial score (nSPS) is 25.8. The van der Waals surface area contributed by atoms with Crippen molar-refractivity contribution in [3.63, 3.8) is 0 Å². The van der Waals surface area contributed by atoms with E-state index in [1.807, 2.05) is 10.7 Å². The molecular weight excluding hydrogens is 286 g/mol. The highest BCUT2D eigenvalue weighted by molar-refractivity contribution is 5.69. The van der Waals surface area contributed by atoms with Gasteiger partial charge in [-0.05, 0) is 31.7 Å². The lowest BCUT2D eigenvalue weighted by molar-refractivity contribution is 0.0537. The number of anilines is 1. The smallest absolute Gasteiger partial charge is 0.254 e. The molecule has 0 N–H and O–H groups in total. The number of alkyl halides is 2. The molecule has 5 rings (SSSR count). The SMILES string of the molecule is FC1(F)CC12CCN(c1nccn3nc(C4CC4)cc13)CC2. The first kappa shape index (κ1) is 12.8. The molecule has 4 nitrogen and oxygen atoms in total. The molecule has 3 heterocycles. The van der Waals surface area contributed by atoms with Gasteiger partial charge in [0.05, 0.1) is 5.69 Å². The standard InChI is InChI=1S/C16H18F2N4/c17-16(18)10-15(16)3-6-21(7-4-15)14-13-9-12(11-1-2-11)20-22(13)8-5-19-14/h5,8-9,11H,1-4,6-7,10H2. The molecule has 2 aromatic heterocycles. The first-order chi connectivity index (χ1) is 10.6. The molecule has 22 heavy (non-hydrogen) atoms. The van der Waals surface area contributed by atoms with Gasteiger partial charge in [0, 0.05) is 43.2 Å². The van der Waals surface area contributed by atoms with Gasteiger partial charge in [0.1, 0.15) is 5.52 Å². The molecule has 3 fully saturated rings. The van der Waals surface area contributed by atoms with Gasteiger partial charge in [-0.15, -0.1) is 0 Å². The maximum atomic E-state index is 13.5. The predicted molar refractivity (Wildman–Crippen MR) is 78.4 cm³/mol. The molecule has 0 atom stereocenters. The lowest BCUT2D eigenvalue weighted by Crippen LogP contribution is -2.37. The third-order valence-electron chi connectivity index (χ3n) is 5.62. The Labute approximate surface area is 127 Å². The van der Waals surface area contributed by atoms with E-state index in [0.29, 0.717) is 31.8 Å². The van der Waals surface area contributed by atoms with Crippen molar-refractivity contribution in [2.75, 3.05) is 18.0 Å². The van der Waals surface area contributed by atoms with Crippen LogP contribution in [0, 0.1) is 5.41 Å². The maximum absolute atomic E-state index is 13.5. The second kappa shape index (κ2) is 3.97. The van der Waals surface area contributed by atoms with Crippen molar-refractivity contribution in [3.8, 4) is 0 Å². The summed E-state index contributed by atoms with van der Waals surface area (Å²) in [6.45, 7) is 1.32. The third kappa shape index (κ3) is 1.72. The number of fused-ring (bicyclic) bond motifs is 1. The monoisotopic (exact) mass is 304 g/mol. The Morgan fingerprint density at radius 1 is 1.18 bits per heavy atom. The van der Waals surface area contributed by atoms with E-state index in [1.165, 1.54) is 12.8 Å². The Hall–Kier alpha value is -1.72. The summed E-state index contributed by atoms with van der Waals surface area (Å²) in [6.07, 6.45) is 7.25. The topological polar surface area (TPSA) is 33.4 Å². The molecule has 116 valence electrons. The molecule has 0 unspecified atom stereocenters. The summed E-state index contributed by atoms with van der Waals surface area (Å²) in [5.74, 6) is -0.947. The third-order valence-corrected chi connectivity index (χ3v) is 5.62. The molecule has 2 aromatic rings. The summed E-state index contributed by atoms with van der Waals surface area (Å²) in [5, 5.41) is 4.62. The van der Waals surface area contributed by atoms with Gasteiger partial charge in [0.2, 0.25) is 0 Å². The Morgan fingerprint density at radius 2 is 1.91 bits per heavy atom. The van der Waals surface area contributed by atoms with Gasteiger partial charge in [-0.1, -0.05) is 0 Å². The van der Waals surface area contributed by atoms with Crippen LogP contribution in [0.15, 0.2) is 18.5 Å². The zero-order valence-corrected chi connectivity index (χ0v) is 12.3. The Morgan fingerprint density at radius 3 is 2.55 bits per heavy atom. The molecule has 0 amide bonds. The highest BCUT2D eigenvalue weighted by atomic mass is 19.3. The van der Waals surface area contributed by atoms with Crippen molar-refractivity contribution < 1.29 is 8.78 Å². The van der Waals surface area contributed by atoms with E-state index in [4.69, 9.17) is 0 Å². The molecule has 1 saturated heterocycles. The van der Waals surface area contributed by atoms with Crippen LogP contribution < -0.4 is 4.90 Å². The number of aromatic nitrogens is 3. The van der Waals surface area contributed by atoms with Crippen molar-refractivity contribution in [1.29, 1.82) is 0 Å². The number of halogens is 2. The van der Waals surface area contributed by atoms with Crippen LogP contribution in [0.4, 0.5) is 14.6 Å². The number of rotatable bonds is 2. The van der Waals surface area contributed by atoms with Crippen LogP contribution in [0.1, 0.15) is 43.7 Å². The summed E-state index contributed by atoms with van der Waals surface area (Å²) in [6, 6.07) is 2.12. The number of hydrogen-bond acceptors (Lipinski definition) is 3. The Balaban J connectivity index is 1.44. The zero-order chi connectivity index (χ0) is 14.9. The first-order valence-electron chi connectivity index (χ1n) is 8.05. The lowest BCUT2D eigenvalue weighted by Gasteiger charge is -2.33. The fraction of sp³-hybridized carbons (Fsp3) is 0.625. The van der Waals surface area contributed by atoms with Crippen LogP contribution in [0.2, 0.25) is 0 Å². The minimum absolute atomic E-state index is 0.0734. The molecule has 3 aliphatic rings. The van der Waals surface area contributed by atoms with Gasteiger partial charge in [0.25, 0.3) is 5.92 Å². The predicted octanol–water partition coefficient (Wildman–Crippen LogP) is 3.23. The van der Waals surface area contributed by atoms with Crippen molar-refractivity contribution in [2.24, 2.45) is 5.41 Å². The molecule has 0 aromatic carbocycles. The van der Waals surface area contributed by atoms with Crippen molar-refractivity contribution >= 4 is 11.3 Å². The van der Waals surface area contributed by atoms with Crippen LogP contribution in [-0.4, -0.2) is 33.6 Å². The van der Waals surface area contributed by atoms with Gasteiger partial charge >= 0.3 is 0 Å². The second-order valence-corrected chi connectivity index (χ2v) is 7.07. The Bertz CT molecular complexity index is 742. The van der Waals surface area contributed by atoms with Crippen molar-refractivity contribution in [2.45, 2.75) is 43.9 Å². The fourth-order valence-electron chi connectivity index (χ4n) is 3.82. The average molecular weight is 304 g/mol. The molecule has 2 aliphatic carbocycles. The largest absolute Gasteiger partial charge is 0.355 e. The summed E-state index contributed by atoms with van der Waals surface area (Å²) in [4.78, 5) is 6.65. The van der Waals surface area contributed by atoms with Crippen molar-refractivity contribution in [3.05, 3.63) is 24.2 Å². The molecule has 2 saturated carbocycles. The van der Waals surface area contributed by atoms with E-state index in [-0.39, 0.29) is 6.42 Å². The summed E-state index contributed by atoms with van der Waals surface area (Å²) in [5.41, 5.74) is 1.42. The summed E-state index contributed by atoms with van der Waals surface area (Å²) >= 11 is 0. The van der Waals surface area contributed by atoms with Crippen LogP contribution in [0.25, 0.3) is 5.52 Å². The molecule has 1 aliphatic heterocycles. The zero-order valence-electron chi connectivity index (χ0n) is 12.3. The highest BCUT2D eigenvalue weighted by Crippen LogP contribution is 2.65. The van der Waals surface area contributed by atoms with Gasteiger partial charge in [0.15, 0.2) is 5.82 Å². The van der Waals surface area contributed by atoms with Crippen LogP contribution in [0.5, 0.6) is 0 Å². The summed E-state index contributed by atoms with van der Waals surface area (Å²) in [7, 11) is 0. The van der Waals surface area contributed by atoms with Crippen molar-refractivity contribution in [1.82, 2.24) is 14.6 Å².